The molecule has 0 atom stereocenters. The van der Waals surface area contributed by atoms with Crippen LogP contribution in [-0.4, -0.2) is 18.0 Å². The molecule has 0 fully saturated rings. The van der Waals surface area contributed by atoms with Gasteiger partial charge < -0.3 is 9.47 Å². The fourth-order valence-corrected chi connectivity index (χ4v) is 2.30. The Labute approximate surface area is 145 Å². The number of hydrogen-bond acceptors (Lipinski definition) is 5. The number of nitro groups is 1. The lowest BCUT2D eigenvalue weighted by atomic mass is 10.1. The van der Waals surface area contributed by atoms with Crippen LogP contribution in [0.1, 0.15) is 10.4 Å². The molecule has 0 bridgehead atoms. The Hall–Kier alpha value is -2.02. The lowest BCUT2D eigenvalue weighted by molar-refractivity contribution is -0.385. The van der Waals surface area contributed by atoms with Crippen LogP contribution in [0.25, 0.3) is 0 Å². The van der Waals surface area contributed by atoms with E-state index < -0.39 is 16.6 Å². The molecule has 0 unspecified atom stereocenters. The number of carbonyl (C=O) groups is 1. The monoisotopic (exact) mass is 375 g/mol. The summed E-state index contributed by atoms with van der Waals surface area (Å²) >= 11 is 17.7. The van der Waals surface area contributed by atoms with Gasteiger partial charge in [-0.05, 0) is 12.1 Å². The normalized spacial score (nSPS) is 10.3. The van der Waals surface area contributed by atoms with Crippen molar-refractivity contribution in [1.29, 1.82) is 0 Å². The van der Waals surface area contributed by atoms with E-state index in [4.69, 9.17) is 39.5 Å². The van der Waals surface area contributed by atoms with Crippen molar-refractivity contribution in [3.05, 3.63) is 61.1 Å². The highest BCUT2D eigenvalue weighted by atomic mass is 35.5. The van der Waals surface area contributed by atoms with Gasteiger partial charge >= 0.3 is 5.97 Å². The fraction of sp³-hybridized carbons (Fsp3) is 0.0714. The summed E-state index contributed by atoms with van der Waals surface area (Å²) in [6.07, 6.45) is 0. The summed E-state index contributed by atoms with van der Waals surface area (Å²) in [4.78, 5) is 21.9. The summed E-state index contributed by atoms with van der Waals surface area (Å²) in [5, 5.41) is 11.6. The molecule has 0 aliphatic heterocycles. The van der Waals surface area contributed by atoms with Gasteiger partial charge in [-0.1, -0.05) is 34.8 Å². The van der Waals surface area contributed by atoms with Crippen LogP contribution >= 0.6 is 34.8 Å². The molecule has 2 aromatic carbocycles. The number of methoxy groups -OCH3 is 1. The third-order valence-electron chi connectivity index (χ3n) is 2.77. The number of carbonyl (C=O) groups excluding carboxylic acids is 1. The Morgan fingerprint density at radius 2 is 1.74 bits per heavy atom. The number of nitrogens with zero attached hydrogens (tertiary/aromatic N) is 1. The molecular formula is C14H8Cl3NO5. The number of rotatable bonds is 4. The van der Waals surface area contributed by atoms with Gasteiger partial charge in [0.25, 0.3) is 5.69 Å². The van der Waals surface area contributed by atoms with Crippen molar-refractivity contribution < 1.29 is 19.2 Å². The second-order valence-corrected chi connectivity index (χ2v) is 5.45. The van der Waals surface area contributed by atoms with Crippen LogP contribution in [0.3, 0.4) is 0 Å². The second-order valence-electron chi connectivity index (χ2n) is 4.23. The first-order chi connectivity index (χ1) is 10.8. The van der Waals surface area contributed by atoms with E-state index in [2.05, 4.69) is 4.74 Å². The zero-order valence-electron chi connectivity index (χ0n) is 11.5. The van der Waals surface area contributed by atoms with Crippen LogP contribution < -0.4 is 4.74 Å². The van der Waals surface area contributed by atoms with Gasteiger partial charge in [0.15, 0.2) is 0 Å². The quantitative estimate of drug-likeness (QED) is 0.320. The Kier molecular flexibility index (Phi) is 5.30. The topological polar surface area (TPSA) is 78.7 Å². The first kappa shape index (κ1) is 17.3. The molecule has 0 aromatic heterocycles. The molecule has 0 aliphatic carbocycles. The van der Waals surface area contributed by atoms with Crippen LogP contribution in [0.15, 0.2) is 30.3 Å². The summed E-state index contributed by atoms with van der Waals surface area (Å²) in [6, 6.07) is 6.43. The summed E-state index contributed by atoms with van der Waals surface area (Å²) in [5.74, 6) is -0.524. The van der Waals surface area contributed by atoms with Crippen molar-refractivity contribution in [2.24, 2.45) is 0 Å². The summed E-state index contributed by atoms with van der Waals surface area (Å²) in [6.45, 7) is 0. The van der Waals surface area contributed by atoms with Gasteiger partial charge in [-0.2, -0.15) is 0 Å². The molecule has 2 rings (SSSR count). The van der Waals surface area contributed by atoms with Gasteiger partial charge in [0.05, 0.1) is 27.1 Å². The molecule has 0 radical (unpaired) electrons. The SMILES string of the molecule is COC(=O)c1cc(Oc2cc(Cl)c(Cl)cc2Cl)ccc1[N+](=O)[O-]. The minimum atomic E-state index is -0.859. The first-order valence-electron chi connectivity index (χ1n) is 6.02. The average Bonchev–Trinajstić information content (AvgIpc) is 2.51. The Balaban J connectivity index is 2.43. The minimum Gasteiger partial charge on any atom is -0.465 e. The second kappa shape index (κ2) is 7.04. The Morgan fingerprint density at radius 1 is 1.09 bits per heavy atom. The Morgan fingerprint density at radius 3 is 2.35 bits per heavy atom. The molecule has 0 N–H and O–H groups in total. The third kappa shape index (κ3) is 3.85. The van der Waals surface area contributed by atoms with Gasteiger partial charge in [0.1, 0.15) is 17.1 Å². The van der Waals surface area contributed by atoms with Crippen molar-refractivity contribution in [2.45, 2.75) is 0 Å². The van der Waals surface area contributed by atoms with E-state index in [1.165, 1.54) is 24.3 Å². The van der Waals surface area contributed by atoms with Crippen LogP contribution in [-0.2, 0) is 4.74 Å². The van der Waals surface area contributed by atoms with Crippen LogP contribution in [0.5, 0.6) is 11.5 Å². The molecule has 120 valence electrons. The number of esters is 1. The highest BCUT2D eigenvalue weighted by Crippen LogP contribution is 2.37. The average molecular weight is 377 g/mol. The lowest BCUT2D eigenvalue weighted by Gasteiger charge is -2.10. The molecule has 6 nitrogen and oxygen atoms in total. The van der Waals surface area contributed by atoms with Crippen molar-refractivity contribution in [3.8, 4) is 11.5 Å². The first-order valence-corrected chi connectivity index (χ1v) is 7.16. The molecule has 0 spiro atoms. The van der Waals surface area contributed by atoms with Crippen molar-refractivity contribution in [1.82, 2.24) is 0 Å². The van der Waals surface area contributed by atoms with E-state index in [1.54, 1.807) is 0 Å². The third-order valence-corrected chi connectivity index (χ3v) is 3.79. The predicted octanol–water partition coefficient (Wildman–Crippen LogP) is 5.13. The van der Waals surface area contributed by atoms with E-state index >= 15 is 0 Å². The number of hydrogen-bond donors (Lipinski definition) is 0. The number of benzene rings is 2. The molecule has 0 saturated heterocycles. The van der Waals surface area contributed by atoms with Gasteiger partial charge in [-0.15, -0.1) is 0 Å². The van der Waals surface area contributed by atoms with Crippen LogP contribution in [0.4, 0.5) is 5.69 Å². The van der Waals surface area contributed by atoms with E-state index in [1.807, 2.05) is 0 Å². The lowest BCUT2D eigenvalue weighted by Crippen LogP contribution is -2.05. The fourth-order valence-electron chi connectivity index (χ4n) is 1.72. The van der Waals surface area contributed by atoms with E-state index in [-0.39, 0.29) is 32.1 Å². The molecule has 0 heterocycles. The van der Waals surface area contributed by atoms with Crippen LogP contribution in [0.2, 0.25) is 15.1 Å². The molecule has 0 amide bonds. The van der Waals surface area contributed by atoms with Gasteiger partial charge in [-0.3, -0.25) is 10.1 Å². The largest absolute Gasteiger partial charge is 0.465 e. The molecule has 0 saturated carbocycles. The minimum absolute atomic E-state index is 0.149. The highest BCUT2D eigenvalue weighted by molar-refractivity contribution is 6.43. The smallest absolute Gasteiger partial charge is 0.345 e. The van der Waals surface area contributed by atoms with Crippen molar-refractivity contribution in [3.63, 3.8) is 0 Å². The van der Waals surface area contributed by atoms with E-state index in [9.17, 15) is 14.9 Å². The zero-order chi connectivity index (χ0) is 17.1. The van der Waals surface area contributed by atoms with Crippen molar-refractivity contribution in [2.75, 3.05) is 7.11 Å². The number of ether oxygens (including phenoxy) is 2. The number of nitro benzene ring substituents is 1. The molecule has 23 heavy (non-hydrogen) atoms. The summed E-state index contributed by atoms with van der Waals surface area (Å²) < 4.78 is 10.0. The molecule has 0 aliphatic rings. The predicted molar refractivity (Wildman–Crippen MR) is 86.0 cm³/mol. The van der Waals surface area contributed by atoms with Crippen LogP contribution in [0, 0.1) is 10.1 Å². The maximum atomic E-state index is 11.7. The van der Waals surface area contributed by atoms with Gasteiger partial charge in [0.2, 0.25) is 0 Å². The summed E-state index contributed by atoms with van der Waals surface area (Å²) in [5.41, 5.74) is -0.643. The Bertz CT molecular complexity index is 794. The zero-order valence-corrected chi connectivity index (χ0v) is 13.8. The number of halogens is 3. The van der Waals surface area contributed by atoms with Gasteiger partial charge in [-0.25, -0.2) is 4.79 Å². The van der Waals surface area contributed by atoms with Gasteiger partial charge in [0, 0.05) is 18.2 Å². The molecular weight excluding hydrogens is 369 g/mol. The van der Waals surface area contributed by atoms with Crippen molar-refractivity contribution >= 4 is 46.5 Å². The van der Waals surface area contributed by atoms with E-state index in [0.29, 0.717) is 0 Å². The maximum absolute atomic E-state index is 11.7. The standard InChI is InChI=1S/C14H8Cl3NO5/c1-22-14(19)8-4-7(2-3-12(8)18(20)21)23-13-6-10(16)9(15)5-11(13)17/h2-6H,1H3. The molecule has 2 aromatic rings. The molecule has 9 heteroatoms. The highest BCUT2D eigenvalue weighted by Gasteiger charge is 2.22. The summed E-state index contributed by atoms with van der Waals surface area (Å²) in [7, 11) is 1.12. The van der Waals surface area contributed by atoms with E-state index in [0.717, 1.165) is 13.2 Å². The maximum Gasteiger partial charge on any atom is 0.345 e.